The number of halogens is 2. The molecule has 0 amide bonds. The first-order valence-electron chi connectivity index (χ1n) is 7.61. The summed E-state index contributed by atoms with van der Waals surface area (Å²) >= 11 is 6.07. The standard InChI is InChI=1S/C19H19ClFNO/c1-19(2,3)13-9-7-12(8-10-13)16-11-23-18(22-16)17-14(20)5-4-6-15(17)21/h4-10,16H,11H2,1-3H3. The molecular weight excluding hydrogens is 313 g/mol. The van der Waals surface area contributed by atoms with E-state index in [1.54, 1.807) is 12.1 Å². The second-order valence-electron chi connectivity index (χ2n) is 6.73. The maximum Gasteiger partial charge on any atom is 0.221 e. The van der Waals surface area contributed by atoms with Crippen molar-refractivity contribution in [1.82, 2.24) is 0 Å². The maximum atomic E-state index is 14.0. The van der Waals surface area contributed by atoms with Crippen LogP contribution in [0.15, 0.2) is 47.5 Å². The SMILES string of the molecule is CC(C)(C)c1ccc(C2COC(c3c(F)cccc3Cl)=N2)cc1. The monoisotopic (exact) mass is 331 g/mol. The minimum Gasteiger partial charge on any atom is -0.475 e. The number of rotatable bonds is 2. The fourth-order valence-corrected chi connectivity index (χ4v) is 2.83. The predicted octanol–water partition coefficient (Wildman–Crippen LogP) is 5.29. The van der Waals surface area contributed by atoms with Gasteiger partial charge in [0.2, 0.25) is 5.90 Å². The number of ether oxygens (including phenoxy) is 1. The highest BCUT2D eigenvalue weighted by Crippen LogP contribution is 2.30. The number of benzene rings is 2. The van der Waals surface area contributed by atoms with E-state index in [0.717, 1.165) is 5.56 Å². The largest absolute Gasteiger partial charge is 0.475 e. The van der Waals surface area contributed by atoms with Gasteiger partial charge < -0.3 is 4.74 Å². The molecule has 1 unspecified atom stereocenters. The highest BCUT2D eigenvalue weighted by atomic mass is 35.5. The summed E-state index contributed by atoms with van der Waals surface area (Å²) in [6, 6.07) is 12.8. The third-order valence-electron chi connectivity index (χ3n) is 3.99. The Bertz CT molecular complexity index is 727. The molecule has 0 radical (unpaired) electrons. The molecule has 23 heavy (non-hydrogen) atoms. The molecule has 1 aliphatic heterocycles. The normalized spacial score (nSPS) is 17.8. The molecule has 0 spiro atoms. The average molecular weight is 332 g/mol. The molecule has 1 heterocycles. The lowest BCUT2D eigenvalue weighted by Gasteiger charge is -2.19. The van der Waals surface area contributed by atoms with Crippen LogP contribution < -0.4 is 0 Å². The van der Waals surface area contributed by atoms with E-state index in [1.165, 1.54) is 11.6 Å². The van der Waals surface area contributed by atoms with Crippen molar-refractivity contribution in [2.45, 2.75) is 32.2 Å². The van der Waals surface area contributed by atoms with Gasteiger partial charge in [-0.05, 0) is 28.7 Å². The lowest BCUT2D eigenvalue weighted by Crippen LogP contribution is -2.11. The van der Waals surface area contributed by atoms with Crippen LogP contribution in [0.4, 0.5) is 4.39 Å². The first-order chi connectivity index (χ1) is 10.9. The Labute approximate surface area is 141 Å². The molecule has 2 aromatic rings. The van der Waals surface area contributed by atoms with E-state index in [0.29, 0.717) is 11.6 Å². The number of aliphatic imine (C=N–C) groups is 1. The predicted molar refractivity (Wildman–Crippen MR) is 91.8 cm³/mol. The Balaban J connectivity index is 1.88. The fraction of sp³-hybridized carbons (Fsp3) is 0.316. The van der Waals surface area contributed by atoms with Crippen molar-refractivity contribution in [1.29, 1.82) is 0 Å². The Hall–Kier alpha value is -1.87. The molecule has 1 atom stereocenters. The van der Waals surface area contributed by atoms with Crippen LogP contribution in [0.3, 0.4) is 0 Å². The van der Waals surface area contributed by atoms with Gasteiger partial charge in [0.25, 0.3) is 0 Å². The smallest absolute Gasteiger partial charge is 0.221 e. The number of hydrogen-bond acceptors (Lipinski definition) is 2. The van der Waals surface area contributed by atoms with E-state index < -0.39 is 5.82 Å². The summed E-state index contributed by atoms with van der Waals surface area (Å²) in [5, 5.41) is 0.312. The lowest BCUT2D eigenvalue weighted by atomic mass is 9.86. The van der Waals surface area contributed by atoms with Crippen LogP contribution in [0, 0.1) is 5.82 Å². The minimum atomic E-state index is -0.417. The zero-order valence-electron chi connectivity index (χ0n) is 13.4. The zero-order valence-corrected chi connectivity index (χ0v) is 14.2. The molecule has 0 aromatic heterocycles. The van der Waals surface area contributed by atoms with Gasteiger partial charge in [-0.15, -0.1) is 0 Å². The van der Waals surface area contributed by atoms with Crippen molar-refractivity contribution in [2.24, 2.45) is 4.99 Å². The average Bonchev–Trinajstić information content (AvgIpc) is 2.96. The van der Waals surface area contributed by atoms with Crippen molar-refractivity contribution in [2.75, 3.05) is 6.61 Å². The molecule has 3 rings (SSSR count). The van der Waals surface area contributed by atoms with Crippen molar-refractivity contribution in [3.8, 4) is 0 Å². The van der Waals surface area contributed by atoms with Crippen LogP contribution in [0.25, 0.3) is 0 Å². The fourth-order valence-electron chi connectivity index (χ4n) is 2.59. The van der Waals surface area contributed by atoms with Crippen LogP contribution in [0.1, 0.15) is 43.5 Å². The minimum absolute atomic E-state index is 0.111. The van der Waals surface area contributed by atoms with Gasteiger partial charge in [-0.2, -0.15) is 0 Å². The molecular formula is C19H19ClFNO. The summed E-state index contributed by atoms with van der Waals surface area (Å²) in [7, 11) is 0. The van der Waals surface area contributed by atoms with Crippen LogP contribution in [-0.4, -0.2) is 12.5 Å². The summed E-state index contributed by atoms with van der Waals surface area (Å²) in [4.78, 5) is 4.51. The lowest BCUT2D eigenvalue weighted by molar-refractivity contribution is 0.318. The second-order valence-corrected chi connectivity index (χ2v) is 7.14. The number of hydrogen-bond donors (Lipinski definition) is 0. The first-order valence-corrected chi connectivity index (χ1v) is 7.99. The summed E-state index contributed by atoms with van der Waals surface area (Å²) in [6.45, 7) is 6.93. The van der Waals surface area contributed by atoms with Crippen LogP contribution in [-0.2, 0) is 10.2 Å². The third kappa shape index (κ3) is 3.25. The van der Waals surface area contributed by atoms with E-state index in [4.69, 9.17) is 16.3 Å². The van der Waals surface area contributed by atoms with Crippen LogP contribution in [0.5, 0.6) is 0 Å². The van der Waals surface area contributed by atoms with Gasteiger partial charge in [-0.1, -0.05) is 62.7 Å². The van der Waals surface area contributed by atoms with Crippen LogP contribution in [0.2, 0.25) is 5.02 Å². The molecule has 2 aromatic carbocycles. The van der Waals surface area contributed by atoms with E-state index in [9.17, 15) is 4.39 Å². The Morgan fingerprint density at radius 1 is 1.13 bits per heavy atom. The molecule has 4 heteroatoms. The van der Waals surface area contributed by atoms with Crippen molar-refractivity contribution in [3.05, 3.63) is 70.0 Å². The highest BCUT2D eigenvalue weighted by molar-refractivity contribution is 6.33. The van der Waals surface area contributed by atoms with E-state index in [-0.39, 0.29) is 22.9 Å². The molecule has 0 aliphatic carbocycles. The van der Waals surface area contributed by atoms with Gasteiger partial charge >= 0.3 is 0 Å². The molecule has 2 nitrogen and oxygen atoms in total. The Morgan fingerprint density at radius 2 is 1.83 bits per heavy atom. The Morgan fingerprint density at radius 3 is 2.43 bits per heavy atom. The quantitative estimate of drug-likeness (QED) is 0.732. The maximum absolute atomic E-state index is 14.0. The van der Waals surface area contributed by atoms with E-state index >= 15 is 0 Å². The Kier molecular flexibility index (Phi) is 4.15. The van der Waals surface area contributed by atoms with E-state index in [1.807, 2.05) is 0 Å². The van der Waals surface area contributed by atoms with E-state index in [2.05, 4.69) is 50.0 Å². The van der Waals surface area contributed by atoms with Crippen LogP contribution >= 0.6 is 11.6 Å². The molecule has 1 aliphatic rings. The van der Waals surface area contributed by atoms with Gasteiger partial charge in [0.15, 0.2) is 0 Å². The highest BCUT2D eigenvalue weighted by Gasteiger charge is 2.25. The van der Waals surface area contributed by atoms with Crippen molar-refractivity contribution < 1.29 is 9.13 Å². The third-order valence-corrected chi connectivity index (χ3v) is 4.30. The zero-order chi connectivity index (χ0) is 16.6. The van der Waals surface area contributed by atoms with Gasteiger partial charge in [-0.25, -0.2) is 9.38 Å². The van der Waals surface area contributed by atoms with Gasteiger partial charge in [-0.3, -0.25) is 0 Å². The van der Waals surface area contributed by atoms with Crippen molar-refractivity contribution >= 4 is 17.5 Å². The molecule has 120 valence electrons. The molecule has 0 fully saturated rings. The molecule has 0 bridgehead atoms. The summed E-state index contributed by atoms with van der Waals surface area (Å²) in [5.74, 6) is -0.141. The van der Waals surface area contributed by atoms with Gasteiger partial charge in [0.1, 0.15) is 18.5 Å². The van der Waals surface area contributed by atoms with Gasteiger partial charge in [0, 0.05) is 0 Å². The van der Waals surface area contributed by atoms with Crippen molar-refractivity contribution in [3.63, 3.8) is 0 Å². The molecule has 0 N–H and O–H groups in total. The number of nitrogens with zero attached hydrogens (tertiary/aromatic N) is 1. The first kappa shape index (κ1) is 16.0. The van der Waals surface area contributed by atoms with Gasteiger partial charge in [0.05, 0.1) is 10.6 Å². The second kappa shape index (κ2) is 5.97. The summed E-state index contributed by atoms with van der Waals surface area (Å²) < 4.78 is 19.6. The topological polar surface area (TPSA) is 21.6 Å². The summed E-state index contributed by atoms with van der Waals surface area (Å²) in [5.41, 5.74) is 2.67. The summed E-state index contributed by atoms with van der Waals surface area (Å²) in [6.07, 6.45) is 0. The molecule has 0 saturated carbocycles. The molecule has 0 saturated heterocycles.